The van der Waals surface area contributed by atoms with Gasteiger partial charge in [-0.15, -0.1) is 0 Å². The zero-order valence-corrected chi connectivity index (χ0v) is 46.2. The molecule has 0 fully saturated rings. The van der Waals surface area contributed by atoms with Crippen LogP contribution in [0.25, 0.3) is 44.9 Å². The van der Waals surface area contributed by atoms with E-state index in [4.69, 9.17) is 23.8 Å². The van der Waals surface area contributed by atoms with Gasteiger partial charge in [-0.25, -0.2) is 19.9 Å². The van der Waals surface area contributed by atoms with E-state index in [9.17, 15) is 0 Å². The standard InChI is InChI=1S/2C17H17N3.2C17H18N2O/c2*1-3-13-9-17(6-2-8-20-17)7-5-16(13)15(4-1)14-10-18-12-19-11-14;1-19-11-17(18-12-19)8-7-14-13(10-17)4-2-5-15(14)16-6-3-9-20-16;1-12-18-11-17(19-12)8-7-14-13(10-17)4-2-5-15(14)16-6-3-9-20-16/h2*1,3-4,8,10-12H,2,5-7,9H2;2-6,9,12H,7-8,10-11H2,1H3;2-6,9H,7-8,10-11H2,1H3,(H,18,19)/t4*17-/m1000/s1. The lowest BCUT2D eigenvalue weighted by Gasteiger charge is -2.35. The molecule has 8 aromatic rings. The van der Waals surface area contributed by atoms with Gasteiger partial charge in [-0.3, -0.25) is 20.0 Å². The second kappa shape index (κ2) is 21.8. The molecular weight excluding hydrogens is 989 g/mol. The molecule has 1 N–H and O–H groups in total. The van der Waals surface area contributed by atoms with Crippen molar-refractivity contribution >= 4 is 24.6 Å². The van der Waals surface area contributed by atoms with Gasteiger partial charge in [0.05, 0.1) is 53.4 Å². The molecule has 0 bridgehead atoms. The van der Waals surface area contributed by atoms with Gasteiger partial charge in [0.1, 0.15) is 24.2 Å². The van der Waals surface area contributed by atoms with E-state index in [2.05, 4.69) is 134 Å². The molecule has 0 unspecified atom stereocenters. The topological polar surface area (TPSA) is 143 Å². The summed E-state index contributed by atoms with van der Waals surface area (Å²) >= 11 is 0. The van der Waals surface area contributed by atoms with Crippen LogP contribution in [0.3, 0.4) is 0 Å². The molecule has 4 atom stereocenters. The Bertz CT molecular complexity index is 3490. The molecule has 8 aliphatic rings. The fraction of sp³-hybridized carbons (Fsp3) is 0.353. The zero-order valence-electron chi connectivity index (χ0n) is 46.2. The summed E-state index contributed by atoms with van der Waals surface area (Å²) in [6.07, 6.45) is 38.4. The largest absolute Gasteiger partial charge is 0.464 e. The van der Waals surface area contributed by atoms with Crippen molar-refractivity contribution < 1.29 is 8.83 Å². The highest BCUT2D eigenvalue weighted by molar-refractivity contribution is 5.82. The highest BCUT2D eigenvalue weighted by Crippen LogP contribution is 2.44. The normalized spacial score (nSPS) is 24.2. The first-order valence-corrected chi connectivity index (χ1v) is 28.9. The molecular formula is C68H70N10O2. The van der Waals surface area contributed by atoms with Crippen LogP contribution in [0.15, 0.2) is 176 Å². The number of amidine groups is 1. The third-order valence-corrected chi connectivity index (χ3v) is 18.2. The Kier molecular flexibility index (Phi) is 14.0. The number of furan rings is 2. The van der Waals surface area contributed by atoms with E-state index in [1.54, 1.807) is 25.2 Å². The number of nitrogens with zero attached hydrogens (tertiary/aromatic N) is 9. The van der Waals surface area contributed by atoms with Crippen LogP contribution in [0.1, 0.15) is 103 Å². The number of hydrogen-bond acceptors (Lipinski definition) is 12. The van der Waals surface area contributed by atoms with Gasteiger partial charge in [-0.2, -0.15) is 0 Å². The maximum Gasteiger partial charge on any atom is 0.134 e. The summed E-state index contributed by atoms with van der Waals surface area (Å²) in [5.74, 6) is 3.03. The predicted octanol–water partition coefficient (Wildman–Crippen LogP) is 12.8. The monoisotopic (exact) mass is 1060 g/mol. The molecule has 80 heavy (non-hydrogen) atoms. The van der Waals surface area contributed by atoms with Crippen LogP contribution in [-0.4, -0.2) is 91.7 Å². The Labute approximate surface area is 469 Å². The zero-order chi connectivity index (χ0) is 54.0. The van der Waals surface area contributed by atoms with E-state index < -0.39 is 0 Å². The number of hydrogen-bond donors (Lipinski definition) is 1. The Morgan fingerprint density at radius 3 is 1.35 bits per heavy atom. The highest BCUT2D eigenvalue weighted by atomic mass is 16.3. The van der Waals surface area contributed by atoms with E-state index in [-0.39, 0.29) is 22.2 Å². The number of likely N-dealkylation sites (N-methyl/N-ethyl adjacent to an activating group) is 1. The second-order valence-corrected chi connectivity index (χ2v) is 23.5. The molecule has 12 heteroatoms. The maximum atomic E-state index is 5.58. The summed E-state index contributed by atoms with van der Waals surface area (Å²) in [6.45, 7) is 4.00. The van der Waals surface area contributed by atoms with Crippen molar-refractivity contribution in [2.75, 3.05) is 20.1 Å². The smallest absolute Gasteiger partial charge is 0.134 e. The minimum atomic E-state index is 0.101. The minimum Gasteiger partial charge on any atom is -0.464 e. The van der Waals surface area contributed by atoms with Crippen molar-refractivity contribution in [1.29, 1.82) is 0 Å². The van der Waals surface area contributed by atoms with Crippen LogP contribution in [0.2, 0.25) is 0 Å². The van der Waals surface area contributed by atoms with E-state index in [1.807, 2.05) is 55.4 Å². The first-order valence-electron chi connectivity index (χ1n) is 28.9. The molecule has 4 aliphatic carbocycles. The summed E-state index contributed by atoms with van der Waals surface area (Å²) < 4.78 is 11.2. The first kappa shape index (κ1) is 51.3. The van der Waals surface area contributed by atoms with Crippen LogP contribution in [0, 0.1) is 0 Å². The number of fused-ring (bicyclic) bond motifs is 4. The Hall–Kier alpha value is -8.12. The average molecular weight is 1060 g/mol. The molecule has 0 radical (unpaired) electrons. The first-order chi connectivity index (χ1) is 39.2. The maximum absolute atomic E-state index is 5.58. The third kappa shape index (κ3) is 10.5. The van der Waals surface area contributed by atoms with Crippen molar-refractivity contribution in [3.05, 3.63) is 192 Å². The van der Waals surface area contributed by atoms with Gasteiger partial charge in [0.25, 0.3) is 0 Å². The average Bonchev–Trinajstić information content (AvgIpc) is 4.55. The van der Waals surface area contributed by atoms with Crippen LogP contribution < -0.4 is 5.32 Å². The van der Waals surface area contributed by atoms with Gasteiger partial charge in [0.15, 0.2) is 0 Å². The molecule has 12 nitrogen and oxygen atoms in total. The van der Waals surface area contributed by atoms with Gasteiger partial charge in [0, 0.05) is 60.6 Å². The van der Waals surface area contributed by atoms with E-state index >= 15 is 0 Å². The summed E-state index contributed by atoms with van der Waals surface area (Å²) in [7, 11) is 2.10. The van der Waals surface area contributed by atoms with Crippen LogP contribution in [-0.2, 0) is 51.4 Å². The Morgan fingerprint density at radius 2 is 0.925 bits per heavy atom. The van der Waals surface area contributed by atoms with Gasteiger partial charge < -0.3 is 19.1 Å². The molecule has 0 saturated carbocycles. The summed E-state index contributed by atoms with van der Waals surface area (Å²) in [6, 6.07) is 34.3. The lowest BCUT2D eigenvalue weighted by atomic mass is 9.75. The van der Waals surface area contributed by atoms with Gasteiger partial charge in [0.2, 0.25) is 0 Å². The Balaban J connectivity index is 0.000000101. The minimum absolute atomic E-state index is 0.101. The molecule has 404 valence electrons. The number of benzene rings is 4. The van der Waals surface area contributed by atoms with Gasteiger partial charge >= 0.3 is 0 Å². The Morgan fingerprint density at radius 1 is 0.475 bits per heavy atom. The van der Waals surface area contributed by atoms with E-state index in [0.29, 0.717) is 0 Å². The van der Waals surface area contributed by atoms with Crippen molar-refractivity contribution in [2.45, 2.75) is 132 Å². The number of nitrogens with one attached hydrogen (secondary N) is 1. The van der Waals surface area contributed by atoms with E-state index in [0.717, 1.165) is 119 Å². The molecule has 8 heterocycles. The van der Waals surface area contributed by atoms with Crippen molar-refractivity contribution in [2.24, 2.45) is 20.0 Å². The highest BCUT2D eigenvalue weighted by Gasteiger charge is 2.41. The van der Waals surface area contributed by atoms with Crippen LogP contribution >= 0.6 is 0 Å². The van der Waals surface area contributed by atoms with Crippen LogP contribution in [0.5, 0.6) is 0 Å². The van der Waals surface area contributed by atoms with Crippen molar-refractivity contribution in [3.8, 4) is 44.9 Å². The quantitative estimate of drug-likeness (QED) is 0.184. The fourth-order valence-electron chi connectivity index (χ4n) is 14.3. The van der Waals surface area contributed by atoms with E-state index in [1.165, 1.54) is 92.4 Å². The lowest BCUT2D eigenvalue weighted by molar-refractivity contribution is 0.336. The molecule has 4 aromatic heterocycles. The number of rotatable bonds is 4. The lowest BCUT2D eigenvalue weighted by Crippen LogP contribution is -2.49. The SMILES string of the molecule is C1=N[C@@]2(CC1)CCc1c(cccc1-c1cncnc1)C2.C1=N[C@]2(CC1)CCc1c(cccc1-c1cncnc1)C2.CC1=NC[C@@]2(CCc3c(cccc3-c3ccco3)C2)N1.CN1C=N[C@]2(CCc3c(cccc3-c3ccco3)C2)C1. The molecule has 4 spiro atoms. The molecule has 0 amide bonds. The van der Waals surface area contributed by atoms with Crippen molar-refractivity contribution in [3.63, 3.8) is 0 Å². The molecule has 4 aromatic carbocycles. The van der Waals surface area contributed by atoms with Crippen LogP contribution in [0.4, 0.5) is 0 Å². The number of aromatic nitrogens is 4. The second-order valence-electron chi connectivity index (χ2n) is 23.5. The summed E-state index contributed by atoms with van der Waals surface area (Å²) in [5, 5.41) is 3.59. The molecule has 4 aliphatic heterocycles. The fourth-order valence-corrected chi connectivity index (χ4v) is 14.3. The van der Waals surface area contributed by atoms with Gasteiger partial charge in [-0.05, 0) is 202 Å². The predicted molar refractivity (Wildman–Crippen MR) is 320 cm³/mol. The van der Waals surface area contributed by atoms with Crippen molar-refractivity contribution in [1.82, 2.24) is 30.2 Å². The summed E-state index contributed by atoms with van der Waals surface area (Å²) in [4.78, 5) is 37.7. The summed E-state index contributed by atoms with van der Waals surface area (Å²) in [5.41, 5.74) is 19.6. The third-order valence-electron chi connectivity index (χ3n) is 18.2. The molecule has 0 saturated heterocycles. The number of aliphatic imine (C=N–C) groups is 4. The van der Waals surface area contributed by atoms with Gasteiger partial charge in [-0.1, -0.05) is 72.8 Å². The molecule has 16 rings (SSSR count).